The van der Waals surface area contributed by atoms with Gasteiger partial charge in [-0.15, -0.1) is 0 Å². The fraction of sp³-hybridized carbons (Fsp3) is 0.250. The number of halogens is 1. The molecule has 80 valence electrons. The Morgan fingerprint density at radius 3 is 2.93 bits per heavy atom. The Balaban J connectivity index is 2.78. The average Bonchev–Trinajstić information content (AvgIpc) is 2.21. The van der Waals surface area contributed by atoms with Crippen molar-refractivity contribution in [3.8, 4) is 0 Å². The molecule has 0 N–H and O–H groups in total. The molecule has 0 aromatic heterocycles. The molecule has 0 fully saturated rings. The molecule has 0 heterocycles. The predicted octanol–water partition coefficient (Wildman–Crippen LogP) is 2.57. The lowest BCUT2D eigenvalue weighted by molar-refractivity contribution is -0.142. The van der Waals surface area contributed by atoms with Gasteiger partial charge in [-0.2, -0.15) is 0 Å². The zero-order chi connectivity index (χ0) is 11.3. The standard InChI is InChI=1S/C12H13FO2/c1-3-10-7-9(5-6-11(10)13)8-12(14)15-4-2/h3,5-7H,1,4,8H2,2H3. The lowest BCUT2D eigenvalue weighted by Gasteiger charge is -2.03. The van der Waals surface area contributed by atoms with Crippen LogP contribution in [-0.2, 0) is 16.0 Å². The van der Waals surface area contributed by atoms with E-state index in [0.29, 0.717) is 12.2 Å². The lowest BCUT2D eigenvalue weighted by Crippen LogP contribution is -2.07. The van der Waals surface area contributed by atoms with Crippen LogP contribution in [0.3, 0.4) is 0 Å². The van der Waals surface area contributed by atoms with Crippen LogP contribution in [0.25, 0.3) is 6.08 Å². The second kappa shape index (κ2) is 5.29. The molecule has 0 unspecified atom stereocenters. The highest BCUT2D eigenvalue weighted by atomic mass is 19.1. The van der Waals surface area contributed by atoms with Crippen LogP contribution in [0.4, 0.5) is 4.39 Å². The van der Waals surface area contributed by atoms with E-state index >= 15 is 0 Å². The molecule has 0 amide bonds. The smallest absolute Gasteiger partial charge is 0.310 e. The Bertz CT molecular complexity index is 372. The maximum atomic E-state index is 13.1. The van der Waals surface area contributed by atoms with E-state index in [1.54, 1.807) is 19.1 Å². The summed E-state index contributed by atoms with van der Waals surface area (Å²) in [6.07, 6.45) is 1.58. The van der Waals surface area contributed by atoms with Crippen molar-refractivity contribution in [1.29, 1.82) is 0 Å². The van der Waals surface area contributed by atoms with Gasteiger partial charge >= 0.3 is 5.97 Å². The monoisotopic (exact) mass is 208 g/mol. The van der Waals surface area contributed by atoms with Crippen molar-refractivity contribution in [3.63, 3.8) is 0 Å². The van der Waals surface area contributed by atoms with Gasteiger partial charge in [0.1, 0.15) is 5.82 Å². The summed E-state index contributed by atoms with van der Waals surface area (Å²) in [6.45, 7) is 5.60. The van der Waals surface area contributed by atoms with Crippen molar-refractivity contribution in [1.82, 2.24) is 0 Å². The zero-order valence-electron chi connectivity index (χ0n) is 8.63. The Kier molecular flexibility index (Phi) is 4.03. The SMILES string of the molecule is C=Cc1cc(CC(=O)OCC)ccc1F. The lowest BCUT2D eigenvalue weighted by atomic mass is 10.1. The van der Waals surface area contributed by atoms with E-state index in [2.05, 4.69) is 6.58 Å². The molecule has 1 aromatic carbocycles. The van der Waals surface area contributed by atoms with Gasteiger partial charge in [-0.05, 0) is 24.6 Å². The summed E-state index contributed by atoms with van der Waals surface area (Å²) in [7, 11) is 0. The molecule has 1 aromatic rings. The van der Waals surface area contributed by atoms with Gasteiger partial charge in [-0.25, -0.2) is 4.39 Å². The minimum atomic E-state index is -0.336. The third kappa shape index (κ3) is 3.20. The zero-order valence-corrected chi connectivity index (χ0v) is 8.63. The number of hydrogen-bond donors (Lipinski definition) is 0. The van der Waals surface area contributed by atoms with E-state index in [-0.39, 0.29) is 18.2 Å². The molecule has 0 bridgehead atoms. The number of carbonyl (C=O) groups is 1. The van der Waals surface area contributed by atoms with Crippen molar-refractivity contribution in [2.24, 2.45) is 0 Å². The van der Waals surface area contributed by atoms with Crippen LogP contribution in [0.5, 0.6) is 0 Å². The second-order valence-electron chi connectivity index (χ2n) is 3.04. The highest BCUT2D eigenvalue weighted by Gasteiger charge is 2.06. The Morgan fingerprint density at radius 2 is 2.33 bits per heavy atom. The summed E-state index contributed by atoms with van der Waals surface area (Å²) in [6, 6.07) is 4.49. The fourth-order valence-corrected chi connectivity index (χ4v) is 1.24. The first kappa shape index (κ1) is 11.4. The van der Waals surface area contributed by atoms with Crippen LogP contribution in [-0.4, -0.2) is 12.6 Å². The molecule has 3 heteroatoms. The van der Waals surface area contributed by atoms with Gasteiger partial charge in [-0.3, -0.25) is 4.79 Å². The van der Waals surface area contributed by atoms with Crippen LogP contribution in [0.1, 0.15) is 18.1 Å². The maximum Gasteiger partial charge on any atom is 0.310 e. The molecule has 1 rings (SSSR count). The van der Waals surface area contributed by atoms with Crippen molar-refractivity contribution in [2.75, 3.05) is 6.61 Å². The summed E-state index contributed by atoms with van der Waals surface area (Å²) in [4.78, 5) is 11.2. The minimum absolute atomic E-state index is 0.162. The third-order valence-electron chi connectivity index (χ3n) is 1.93. The number of carbonyl (C=O) groups excluding carboxylic acids is 1. The van der Waals surface area contributed by atoms with Crippen LogP contribution >= 0.6 is 0 Å². The Morgan fingerprint density at radius 1 is 1.60 bits per heavy atom. The van der Waals surface area contributed by atoms with Gasteiger partial charge in [0.25, 0.3) is 0 Å². The Hall–Kier alpha value is -1.64. The van der Waals surface area contributed by atoms with Crippen molar-refractivity contribution in [2.45, 2.75) is 13.3 Å². The van der Waals surface area contributed by atoms with Gasteiger partial charge in [0.05, 0.1) is 13.0 Å². The number of hydrogen-bond acceptors (Lipinski definition) is 2. The largest absolute Gasteiger partial charge is 0.466 e. The van der Waals surface area contributed by atoms with E-state index in [4.69, 9.17) is 4.74 Å². The molecule has 0 saturated heterocycles. The van der Waals surface area contributed by atoms with Crippen molar-refractivity contribution >= 4 is 12.0 Å². The summed E-state index contributed by atoms with van der Waals surface area (Å²) in [5.74, 6) is -0.642. The first-order valence-corrected chi connectivity index (χ1v) is 4.74. The first-order chi connectivity index (χ1) is 7.17. The molecule has 0 radical (unpaired) electrons. The van der Waals surface area contributed by atoms with E-state index in [0.717, 1.165) is 5.56 Å². The van der Waals surface area contributed by atoms with Crippen LogP contribution in [0.15, 0.2) is 24.8 Å². The Labute approximate surface area is 88.4 Å². The minimum Gasteiger partial charge on any atom is -0.466 e. The quantitative estimate of drug-likeness (QED) is 0.711. The van der Waals surface area contributed by atoms with Crippen molar-refractivity contribution < 1.29 is 13.9 Å². The van der Waals surface area contributed by atoms with Crippen molar-refractivity contribution in [3.05, 3.63) is 41.7 Å². The second-order valence-corrected chi connectivity index (χ2v) is 3.04. The molecule has 0 atom stereocenters. The predicted molar refractivity (Wildman–Crippen MR) is 56.8 cm³/mol. The van der Waals surface area contributed by atoms with E-state index in [9.17, 15) is 9.18 Å². The van der Waals surface area contributed by atoms with Crippen LogP contribution in [0.2, 0.25) is 0 Å². The van der Waals surface area contributed by atoms with Gasteiger partial charge < -0.3 is 4.74 Å². The summed E-state index contributed by atoms with van der Waals surface area (Å²) in [5.41, 5.74) is 1.13. The average molecular weight is 208 g/mol. The number of rotatable bonds is 4. The van der Waals surface area contributed by atoms with E-state index in [1.165, 1.54) is 12.1 Å². The van der Waals surface area contributed by atoms with Crippen LogP contribution < -0.4 is 0 Å². The maximum absolute atomic E-state index is 13.1. The third-order valence-corrected chi connectivity index (χ3v) is 1.93. The number of ether oxygens (including phenoxy) is 1. The highest BCUT2D eigenvalue weighted by Crippen LogP contribution is 2.12. The molecule has 0 aliphatic carbocycles. The topological polar surface area (TPSA) is 26.3 Å². The van der Waals surface area contributed by atoms with Gasteiger partial charge in [0.15, 0.2) is 0 Å². The van der Waals surface area contributed by atoms with Crippen LogP contribution in [0, 0.1) is 5.82 Å². The normalized spacial score (nSPS) is 9.73. The molecule has 2 nitrogen and oxygen atoms in total. The highest BCUT2D eigenvalue weighted by molar-refractivity contribution is 5.72. The molecule has 15 heavy (non-hydrogen) atoms. The van der Waals surface area contributed by atoms with E-state index < -0.39 is 0 Å². The molecule has 0 saturated carbocycles. The van der Waals surface area contributed by atoms with Gasteiger partial charge in [-0.1, -0.05) is 18.7 Å². The molecule has 0 spiro atoms. The summed E-state index contributed by atoms with van der Waals surface area (Å²) >= 11 is 0. The molecule has 0 aliphatic rings. The first-order valence-electron chi connectivity index (χ1n) is 4.74. The van der Waals surface area contributed by atoms with Gasteiger partial charge in [0.2, 0.25) is 0 Å². The van der Waals surface area contributed by atoms with Gasteiger partial charge in [0, 0.05) is 5.56 Å². The molecule has 0 aliphatic heterocycles. The fourth-order valence-electron chi connectivity index (χ4n) is 1.24. The number of esters is 1. The number of benzene rings is 1. The van der Waals surface area contributed by atoms with E-state index in [1.807, 2.05) is 0 Å². The molecular weight excluding hydrogens is 195 g/mol. The molecular formula is C12H13FO2. The summed E-state index contributed by atoms with van der Waals surface area (Å²) in [5, 5.41) is 0. The summed E-state index contributed by atoms with van der Waals surface area (Å²) < 4.78 is 17.9.